The van der Waals surface area contributed by atoms with Gasteiger partial charge >= 0.3 is 0 Å². The van der Waals surface area contributed by atoms with Gasteiger partial charge in [-0.2, -0.15) is 0 Å². The molecule has 1 atom stereocenters. The summed E-state index contributed by atoms with van der Waals surface area (Å²) in [5.74, 6) is 0. The maximum absolute atomic E-state index is 5.63. The van der Waals surface area contributed by atoms with Crippen LogP contribution in [0.1, 0.15) is 58.4 Å². The molecule has 0 radical (unpaired) electrons. The summed E-state index contributed by atoms with van der Waals surface area (Å²) in [7, 11) is 0. The van der Waals surface area contributed by atoms with E-state index < -0.39 is 0 Å². The fraction of sp³-hybridized carbons (Fsp3) is 0.700. The van der Waals surface area contributed by atoms with Gasteiger partial charge in [0, 0.05) is 30.7 Å². The molecule has 1 aromatic rings. The minimum atomic E-state index is 0.295. The van der Waals surface area contributed by atoms with Crippen molar-refractivity contribution in [2.45, 2.75) is 65.4 Å². The zero-order valence-electron chi connectivity index (χ0n) is 15.2. The molecule has 132 valence electrons. The van der Waals surface area contributed by atoms with Crippen molar-refractivity contribution in [2.24, 2.45) is 0 Å². The summed E-state index contributed by atoms with van der Waals surface area (Å²) in [6.07, 6.45) is 7.96. The van der Waals surface area contributed by atoms with Crippen LogP contribution in [0.25, 0.3) is 0 Å². The van der Waals surface area contributed by atoms with Gasteiger partial charge in [0.25, 0.3) is 0 Å². The molecule has 0 amide bonds. The summed E-state index contributed by atoms with van der Waals surface area (Å²) in [6.45, 7) is 9.48. The van der Waals surface area contributed by atoms with Gasteiger partial charge in [-0.3, -0.25) is 0 Å². The molecular formula is C20H34BrNO. The first-order valence-electron chi connectivity index (χ1n) is 9.22. The van der Waals surface area contributed by atoms with E-state index in [0.29, 0.717) is 6.10 Å². The second-order valence-electron chi connectivity index (χ2n) is 6.23. The molecule has 23 heavy (non-hydrogen) atoms. The van der Waals surface area contributed by atoms with E-state index in [-0.39, 0.29) is 0 Å². The summed E-state index contributed by atoms with van der Waals surface area (Å²) >= 11 is 3.59. The summed E-state index contributed by atoms with van der Waals surface area (Å²) in [4.78, 5) is 2.50. The van der Waals surface area contributed by atoms with Crippen molar-refractivity contribution >= 4 is 21.6 Å². The van der Waals surface area contributed by atoms with Gasteiger partial charge in [-0.05, 0) is 44.4 Å². The predicted octanol–water partition coefficient (Wildman–Crippen LogP) is 5.83. The SMILES string of the molecule is CCCCCCCN(CCBr)c1ccc(CC(C)OCC)cc1. The minimum Gasteiger partial charge on any atom is -0.378 e. The van der Waals surface area contributed by atoms with E-state index in [9.17, 15) is 0 Å². The van der Waals surface area contributed by atoms with Gasteiger partial charge in [0.15, 0.2) is 0 Å². The first kappa shape index (κ1) is 20.5. The Morgan fingerprint density at radius 3 is 2.30 bits per heavy atom. The highest BCUT2D eigenvalue weighted by Gasteiger charge is 2.07. The number of alkyl halides is 1. The maximum Gasteiger partial charge on any atom is 0.0587 e. The van der Waals surface area contributed by atoms with Crippen LogP contribution in [0.3, 0.4) is 0 Å². The Bertz CT molecular complexity index is 393. The number of ether oxygens (including phenoxy) is 1. The van der Waals surface area contributed by atoms with Crippen LogP contribution >= 0.6 is 15.9 Å². The molecule has 0 N–H and O–H groups in total. The number of rotatable bonds is 13. The molecular weight excluding hydrogens is 350 g/mol. The Morgan fingerprint density at radius 1 is 1.00 bits per heavy atom. The molecule has 3 heteroatoms. The molecule has 0 aliphatic carbocycles. The monoisotopic (exact) mass is 383 g/mol. The predicted molar refractivity (Wildman–Crippen MR) is 106 cm³/mol. The van der Waals surface area contributed by atoms with E-state index in [1.165, 1.54) is 43.4 Å². The third kappa shape index (κ3) is 8.76. The van der Waals surface area contributed by atoms with Gasteiger partial charge in [-0.1, -0.05) is 60.7 Å². The Kier molecular flexibility index (Phi) is 11.4. The zero-order chi connectivity index (χ0) is 16.9. The topological polar surface area (TPSA) is 12.5 Å². The lowest BCUT2D eigenvalue weighted by atomic mass is 10.1. The van der Waals surface area contributed by atoms with Crippen LogP contribution in [0, 0.1) is 0 Å². The molecule has 0 aromatic heterocycles. The molecule has 0 aliphatic rings. The second kappa shape index (κ2) is 12.8. The fourth-order valence-corrected chi connectivity index (χ4v) is 3.32. The molecule has 1 aromatic carbocycles. The average molecular weight is 384 g/mol. The standard InChI is InChI=1S/C20H34BrNO/c1-4-6-7-8-9-15-22(16-14-21)20-12-10-19(11-13-20)17-18(3)23-5-2/h10-13,18H,4-9,14-17H2,1-3H3. The second-order valence-corrected chi connectivity index (χ2v) is 7.02. The van der Waals surface area contributed by atoms with Crippen LogP contribution in [-0.4, -0.2) is 31.1 Å². The van der Waals surface area contributed by atoms with Crippen molar-refractivity contribution in [2.75, 3.05) is 29.9 Å². The Labute approximate surface area is 151 Å². The van der Waals surface area contributed by atoms with E-state index >= 15 is 0 Å². The molecule has 0 spiro atoms. The van der Waals surface area contributed by atoms with E-state index in [2.05, 4.69) is 65.9 Å². The number of hydrogen-bond acceptors (Lipinski definition) is 2. The van der Waals surface area contributed by atoms with Crippen LogP contribution in [-0.2, 0) is 11.2 Å². The van der Waals surface area contributed by atoms with Crippen molar-refractivity contribution in [3.63, 3.8) is 0 Å². The average Bonchev–Trinajstić information content (AvgIpc) is 2.55. The van der Waals surface area contributed by atoms with Gasteiger partial charge < -0.3 is 9.64 Å². The third-order valence-electron chi connectivity index (χ3n) is 4.16. The molecule has 1 rings (SSSR count). The summed E-state index contributed by atoms with van der Waals surface area (Å²) in [5, 5.41) is 1.02. The molecule has 2 nitrogen and oxygen atoms in total. The molecule has 0 heterocycles. The number of benzene rings is 1. The Balaban J connectivity index is 2.51. The molecule has 0 bridgehead atoms. The van der Waals surface area contributed by atoms with E-state index in [4.69, 9.17) is 4.74 Å². The summed E-state index contributed by atoms with van der Waals surface area (Å²) in [5.41, 5.74) is 2.70. The zero-order valence-corrected chi connectivity index (χ0v) is 16.8. The number of nitrogens with zero attached hydrogens (tertiary/aromatic N) is 1. The van der Waals surface area contributed by atoms with Crippen molar-refractivity contribution in [3.8, 4) is 0 Å². The number of halogens is 1. The van der Waals surface area contributed by atoms with Crippen LogP contribution < -0.4 is 4.90 Å². The van der Waals surface area contributed by atoms with Gasteiger partial charge in [-0.15, -0.1) is 0 Å². The van der Waals surface area contributed by atoms with Crippen LogP contribution in [0.4, 0.5) is 5.69 Å². The third-order valence-corrected chi connectivity index (χ3v) is 4.52. The fourth-order valence-electron chi connectivity index (χ4n) is 2.90. The normalized spacial score (nSPS) is 12.3. The smallest absolute Gasteiger partial charge is 0.0587 e. The van der Waals surface area contributed by atoms with Crippen molar-refractivity contribution in [3.05, 3.63) is 29.8 Å². The Hall–Kier alpha value is -0.540. The van der Waals surface area contributed by atoms with E-state index in [0.717, 1.165) is 31.4 Å². The summed E-state index contributed by atoms with van der Waals surface area (Å²) < 4.78 is 5.63. The maximum atomic E-state index is 5.63. The van der Waals surface area contributed by atoms with Gasteiger partial charge in [0.05, 0.1) is 6.10 Å². The van der Waals surface area contributed by atoms with Crippen molar-refractivity contribution < 1.29 is 4.74 Å². The summed E-state index contributed by atoms with van der Waals surface area (Å²) in [6, 6.07) is 9.04. The van der Waals surface area contributed by atoms with Gasteiger partial charge in [0.1, 0.15) is 0 Å². The lowest BCUT2D eigenvalue weighted by Crippen LogP contribution is -2.26. The van der Waals surface area contributed by atoms with Crippen LogP contribution in [0.2, 0.25) is 0 Å². The molecule has 0 saturated carbocycles. The quantitative estimate of drug-likeness (QED) is 0.314. The molecule has 0 aliphatic heterocycles. The first-order chi connectivity index (χ1) is 11.2. The highest BCUT2D eigenvalue weighted by atomic mass is 79.9. The van der Waals surface area contributed by atoms with Crippen molar-refractivity contribution in [1.82, 2.24) is 0 Å². The highest BCUT2D eigenvalue weighted by Crippen LogP contribution is 2.18. The number of unbranched alkanes of at least 4 members (excludes halogenated alkanes) is 4. The lowest BCUT2D eigenvalue weighted by molar-refractivity contribution is 0.0768. The molecule has 0 fully saturated rings. The number of hydrogen-bond donors (Lipinski definition) is 0. The lowest BCUT2D eigenvalue weighted by Gasteiger charge is -2.24. The van der Waals surface area contributed by atoms with Crippen LogP contribution in [0.5, 0.6) is 0 Å². The minimum absolute atomic E-state index is 0.295. The first-order valence-corrected chi connectivity index (χ1v) is 10.3. The number of anilines is 1. The largest absolute Gasteiger partial charge is 0.378 e. The molecule has 1 unspecified atom stereocenters. The molecule has 0 saturated heterocycles. The van der Waals surface area contributed by atoms with Crippen molar-refractivity contribution in [1.29, 1.82) is 0 Å². The van der Waals surface area contributed by atoms with Gasteiger partial charge in [0.2, 0.25) is 0 Å². The van der Waals surface area contributed by atoms with Crippen LogP contribution in [0.15, 0.2) is 24.3 Å². The van der Waals surface area contributed by atoms with E-state index in [1.807, 2.05) is 0 Å². The van der Waals surface area contributed by atoms with Gasteiger partial charge in [-0.25, -0.2) is 0 Å². The highest BCUT2D eigenvalue weighted by molar-refractivity contribution is 9.09. The van der Waals surface area contributed by atoms with E-state index in [1.54, 1.807) is 0 Å². The Morgan fingerprint density at radius 2 is 1.70 bits per heavy atom.